The summed E-state index contributed by atoms with van der Waals surface area (Å²) < 4.78 is 0. The van der Waals surface area contributed by atoms with Gasteiger partial charge >= 0.3 is 21.1 Å². The zero-order valence-corrected chi connectivity index (χ0v) is 45.1. The summed E-state index contributed by atoms with van der Waals surface area (Å²) in [5, 5.41) is 13.0. The molecule has 11 aromatic carbocycles. The van der Waals surface area contributed by atoms with E-state index in [2.05, 4.69) is 239 Å². The Labute approximate surface area is 464 Å². The van der Waals surface area contributed by atoms with Gasteiger partial charge in [0.05, 0.1) is 22.9 Å². The van der Waals surface area contributed by atoms with Crippen molar-refractivity contribution in [2.75, 3.05) is 0 Å². The Morgan fingerprint density at radius 1 is 0.282 bits per heavy atom. The predicted molar refractivity (Wildman–Crippen MR) is 321 cm³/mol. The van der Waals surface area contributed by atoms with Crippen molar-refractivity contribution >= 4 is 86.8 Å². The third kappa shape index (κ3) is 7.15. The Balaban J connectivity index is 0.00000529. The van der Waals surface area contributed by atoms with Crippen LogP contribution in [-0.4, -0.2) is 15.0 Å². The first kappa shape index (κ1) is 46.1. The van der Waals surface area contributed by atoms with E-state index in [0.29, 0.717) is 11.5 Å². The first-order valence-electron chi connectivity index (χ1n) is 26.4. The van der Waals surface area contributed by atoms with Crippen molar-refractivity contribution < 1.29 is 21.1 Å². The van der Waals surface area contributed by atoms with Crippen LogP contribution in [0.5, 0.6) is 0 Å². The minimum atomic E-state index is 0. The molecule has 14 aromatic rings. The zero-order chi connectivity index (χ0) is 51.0. The molecule has 5 nitrogen and oxygen atoms in total. The second kappa shape index (κ2) is 17.6. The van der Waals surface area contributed by atoms with Gasteiger partial charge in [0.25, 0.3) is 0 Å². The van der Waals surface area contributed by atoms with Crippen molar-refractivity contribution in [2.45, 2.75) is 20.8 Å². The van der Waals surface area contributed by atoms with Crippen LogP contribution in [0, 0.1) is 20.8 Å². The van der Waals surface area contributed by atoms with E-state index in [1.54, 1.807) is 0 Å². The topological polar surface area (TPSA) is 66.9 Å². The second-order valence-electron chi connectivity index (χ2n) is 21.0. The molecule has 3 aromatic heterocycles. The van der Waals surface area contributed by atoms with Gasteiger partial charge in [-0.05, 0) is 173 Å². The largest absolute Gasteiger partial charge is 2.00 e. The molecule has 0 spiro atoms. The van der Waals surface area contributed by atoms with E-state index in [4.69, 9.17) is 24.9 Å². The zero-order valence-electron chi connectivity index (χ0n) is 42.8. The molecule has 78 heavy (non-hydrogen) atoms. The quantitative estimate of drug-likeness (QED) is 0.176. The fourth-order valence-corrected chi connectivity index (χ4v) is 12.2. The molecule has 8 bridgehead atoms. The molecular weight excluding hydrogens is 1130 g/mol. The van der Waals surface area contributed by atoms with Crippen LogP contribution < -0.4 is 9.97 Å². The molecule has 0 fully saturated rings. The number of nitrogens with zero attached hydrogens (tertiary/aromatic N) is 5. The maximum absolute atomic E-state index is 6.08. The summed E-state index contributed by atoms with van der Waals surface area (Å²) >= 11 is 0. The van der Waals surface area contributed by atoms with E-state index in [0.717, 1.165) is 154 Å². The van der Waals surface area contributed by atoms with Gasteiger partial charge in [-0.1, -0.05) is 187 Å². The molecule has 0 radical (unpaired) electrons. The molecule has 0 atom stereocenters. The number of fused-ring (bicyclic) bond motifs is 24. The Morgan fingerprint density at radius 3 is 0.962 bits per heavy atom. The number of hydrogen-bond donors (Lipinski definition) is 0. The first-order chi connectivity index (χ1) is 37.8. The van der Waals surface area contributed by atoms with Gasteiger partial charge in [0.15, 0.2) is 0 Å². The minimum Gasteiger partial charge on any atom is -0.656 e. The molecule has 0 unspecified atom stereocenters. The third-order valence-corrected chi connectivity index (χ3v) is 16.1. The monoisotopic (exact) mass is 1170 g/mol. The van der Waals surface area contributed by atoms with Gasteiger partial charge in [0.1, 0.15) is 0 Å². The van der Waals surface area contributed by atoms with Crippen LogP contribution in [0.1, 0.15) is 16.7 Å². The molecule has 2 aliphatic heterocycles. The van der Waals surface area contributed by atoms with Crippen LogP contribution in [0.4, 0.5) is 0 Å². The second-order valence-corrected chi connectivity index (χ2v) is 21.0. The fourth-order valence-electron chi connectivity index (χ4n) is 12.2. The summed E-state index contributed by atoms with van der Waals surface area (Å²) in [5.74, 6) is 0.604. The summed E-state index contributed by atoms with van der Waals surface area (Å²) in [4.78, 5) is 29.4. The molecule has 0 saturated heterocycles. The third-order valence-electron chi connectivity index (χ3n) is 16.1. The Morgan fingerprint density at radius 2 is 0.577 bits per heavy atom. The van der Waals surface area contributed by atoms with Crippen molar-refractivity contribution in [3.63, 3.8) is 0 Å². The van der Waals surface area contributed by atoms with Crippen molar-refractivity contribution in [1.82, 2.24) is 24.9 Å². The molecule has 16 rings (SSSR count). The average molecular weight is 1180 g/mol. The van der Waals surface area contributed by atoms with Gasteiger partial charge in [-0.15, -0.1) is 11.0 Å². The smallest absolute Gasteiger partial charge is 0.656 e. The molecule has 5 heterocycles. The number of benzene rings is 11. The van der Waals surface area contributed by atoms with Crippen LogP contribution in [0.15, 0.2) is 218 Å². The normalized spacial score (nSPS) is 11.9. The average Bonchev–Trinajstić information content (AvgIpc) is 4.42. The summed E-state index contributed by atoms with van der Waals surface area (Å²) in [5.41, 5.74) is 19.0. The summed E-state index contributed by atoms with van der Waals surface area (Å²) in [6.07, 6.45) is 0. The summed E-state index contributed by atoms with van der Waals surface area (Å²) in [6.45, 7) is 6.43. The van der Waals surface area contributed by atoms with Crippen LogP contribution in [0.25, 0.3) is 165 Å². The van der Waals surface area contributed by atoms with Gasteiger partial charge in [0.2, 0.25) is 0 Å². The maximum Gasteiger partial charge on any atom is 2.00 e. The van der Waals surface area contributed by atoms with Gasteiger partial charge < -0.3 is 15.0 Å². The minimum absolute atomic E-state index is 0. The first-order valence-corrected chi connectivity index (χ1v) is 26.4. The SMILES string of the molecule is Cc1ccc(-c2c3nc(c(-c4ccc(C)cc4)c4[n-]c(c(-c5ccc(C)cc5)c5nc(nc6[n-]c2c2cc7ccccc7cc62)-c2cc6ccccc6cc2-5)c2cc5ccccc5cc42)-c2cc4ccccc4cc2-3)cc1.[Pt+2]. The number of aromatic nitrogens is 5. The Kier molecular flexibility index (Phi) is 10.4. The molecular formula is C72H45N5Pt. The van der Waals surface area contributed by atoms with Crippen molar-refractivity contribution in [3.8, 4) is 78.5 Å². The van der Waals surface area contributed by atoms with E-state index in [1.807, 2.05) is 0 Å². The van der Waals surface area contributed by atoms with Crippen LogP contribution in [-0.2, 0) is 21.1 Å². The summed E-state index contributed by atoms with van der Waals surface area (Å²) in [7, 11) is 0. The predicted octanol–water partition coefficient (Wildman–Crippen LogP) is 18.5. The van der Waals surface area contributed by atoms with Crippen molar-refractivity contribution in [1.29, 1.82) is 0 Å². The maximum atomic E-state index is 6.08. The van der Waals surface area contributed by atoms with E-state index in [1.165, 1.54) is 16.7 Å². The van der Waals surface area contributed by atoms with Crippen LogP contribution in [0.3, 0.4) is 0 Å². The molecule has 0 saturated carbocycles. The van der Waals surface area contributed by atoms with E-state index in [9.17, 15) is 0 Å². The molecule has 2 aliphatic rings. The molecule has 6 heteroatoms. The van der Waals surface area contributed by atoms with E-state index < -0.39 is 0 Å². The van der Waals surface area contributed by atoms with Crippen LogP contribution >= 0.6 is 0 Å². The van der Waals surface area contributed by atoms with Crippen molar-refractivity contribution in [2.24, 2.45) is 0 Å². The van der Waals surface area contributed by atoms with Gasteiger partial charge in [0, 0.05) is 27.8 Å². The Hall–Kier alpha value is -9.28. The molecule has 368 valence electrons. The van der Waals surface area contributed by atoms with Crippen molar-refractivity contribution in [3.05, 3.63) is 235 Å². The van der Waals surface area contributed by atoms with Crippen LogP contribution in [0.2, 0.25) is 0 Å². The fraction of sp³-hybridized carbons (Fsp3) is 0.0417. The number of rotatable bonds is 3. The summed E-state index contributed by atoms with van der Waals surface area (Å²) in [6, 6.07) is 79.5. The van der Waals surface area contributed by atoms with Gasteiger partial charge in [-0.25, -0.2) is 4.98 Å². The molecule has 0 amide bonds. The standard InChI is InChI=1S/C72H45N5.Pt/c1-40-20-26-43(27-21-40)62-65-54-32-46-12-4-6-14-48(46)34-56(54)67(73-65)63(44-28-22-41(2)23-29-44)69-58-36-50-16-8-10-18-52(50)38-60(58)71(75-69)77-72-61-39-53-19-11-9-17-51(53)37-59(61)70(76-72)64(45-30-24-42(3)25-31-45)68-57-35-49-15-7-5-13-47(49)33-55(57)66(62)74-68;/h4-39H,1-3H3;/q-2;+2. The van der Waals surface area contributed by atoms with Gasteiger partial charge in [-0.3, -0.25) is 4.98 Å². The number of aryl methyl sites for hydroxylation is 3. The van der Waals surface area contributed by atoms with E-state index in [-0.39, 0.29) is 21.1 Å². The molecule has 0 N–H and O–H groups in total. The van der Waals surface area contributed by atoms with E-state index >= 15 is 0 Å². The number of hydrogen-bond acceptors (Lipinski definition) is 3. The Bertz CT molecular complexity index is 5000. The molecule has 0 aliphatic carbocycles. The van der Waals surface area contributed by atoms with Gasteiger partial charge in [-0.2, -0.15) is 0 Å².